The lowest BCUT2D eigenvalue weighted by Gasteiger charge is -2.39. The minimum atomic E-state index is -4.77. The summed E-state index contributed by atoms with van der Waals surface area (Å²) < 4.78 is 41.0. The second kappa shape index (κ2) is 9.19. The van der Waals surface area contributed by atoms with Gasteiger partial charge in [-0.05, 0) is 61.7 Å². The first-order valence-corrected chi connectivity index (χ1v) is 11.4. The van der Waals surface area contributed by atoms with Gasteiger partial charge < -0.3 is 14.5 Å². The summed E-state index contributed by atoms with van der Waals surface area (Å²) in [6.45, 7) is 1.31. The van der Waals surface area contributed by atoms with E-state index in [-0.39, 0.29) is 17.7 Å². The van der Waals surface area contributed by atoms with Crippen LogP contribution in [0.2, 0.25) is 10.0 Å². The van der Waals surface area contributed by atoms with Crippen molar-refractivity contribution in [2.45, 2.75) is 25.6 Å². The van der Waals surface area contributed by atoms with Gasteiger partial charge in [0, 0.05) is 38.1 Å². The molecule has 34 heavy (non-hydrogen) atoms. The molecule has 0 aromatic heterocycles. The maximum Gasteiger partial charge on any atom is 0.573 e. The van der Waals surface area contributed by atoms with E-state index in [1.54, 1.807) is 35.0 Å². The van der Waals surface area contributed by atoms with Gasteiger partial charge >= 0.3 is 12.4 Å². The lowest BCUT2D eigenvalue weighted by Crippen LogP contribution is -2.50. The van der Waals surface area contributed by atoms with E-state index in [2.05, 4.69) is 4.74 Å². The summed E-state index contributed by atoms with van der Waals surface area (Å²) in [4.78, 5) is 31.0. The average Bonchev–Trinajstić information content (AvgIpc) is 3.10. The summed E-state index contributed by atoms with van der Waals surface area (Å²) in [5, 5.41) is 0.754. The molecule has 0 bridgehead atoms. The highest BCUT2D eigenvalue weighted by Gasteiger charge is 2.49. The van der Waals surface area contributed by atoms with Gasteiger partial charge in [-0.15, -0.1) is 13.2 Å². The molecule has 0 saturated carbocycles. The lowest BCUT2D eigenvalue weighted by molar-refractivity contribution is -0.274. The smallest absolute Gasteiger partial charge is 0.406 e. The molecule has 0 N–H and O–H groups in total. The number of carbonyl (C=O) groups is 2. The Morgan fingerprint density at radius 3 is 2.21 bits per heavy atom. The third kappa shape index (κ3) is 4.90. The minimum Gasteiger partial charge on any atom is -0.406 e. The predicted molar refractivity (Wildman–Crippen MR) is 124 cm³/mol. The first kappa shape index (κ1) is 24.5. The van der Waals surface area contributed by atoms with Gasteiger partial charge in [0.1, 0.15) is 5.75 Å². The van der Waals surface area contributed by atoms with Gasteiger partial charge in [-0.2, -0.15) is 0 Å². The maximum absolute atomic E-state index is 13.3. The van der Waals surface area contributed by atoms with Gasteiger partial charge in [-0.1, -0.05) is 23.2 Å². The third-order valence-corrected chi connectivity index (χ3v) is 7.20. The quantitative estimate of drug-likeness (QED) is 0.506. The summed E-state index contributed by atoms with van der Waals surface area (Å²) >= 11 is 12.0. The van der Waals surface area contributed by atoms with Crippen molar-refractivity contribution in [2.24, 2.45) is 5.41 Å². The summed E-state index contributed by atoms with van der Waals surface area (Å²) in [6.07, 6.45) is -3.12. The van der Waals surface area contributed by atoms with E-state index in [0.717, 1.165) is 0 Å². The fraction of sp³-hybridized carbons (Fsp3) is 0.391. The number of hydrogen-bond donors (Lipinski definition) is 0. The molecule has 2 aromatic rings. The van der Waals surface area contributed by atoms with Crippen molar-refractivity contribution in [3.05, 3.63) is 52.5 Å². The number of carbonyl (C=O) groups excluding carboxylic acids is 2. The third-order valence-electron chi connectivity index (χ3n) is 6.46. The number of ether oxygens (including phenoxy) is 1. The summed E-state index contributed by atoms with van der Waals surface area (Å²) in [5.74, 6) is -0.405. The Balaban J connectivity index is 1.39. The fourth-order valence-corrected chi connectivity index (χ4v) is 4.79. The Morgan fingerprint density at radius 2 is 1.62 bits per heavy atom. The van der Waals surface area contributed by atoms with Crippen molar-refractivity contribution < 1.29 is 27.5 Å². The van der Waals surface area contributed by atoms with Crippen molar-refractivity contribution in [1.82, 2.24) is 4.90 Å². The van der Waals surface area contributed by atoms with Crippen molar-refractivity contribution in [2.75, 3.05) is 36.5 Å². The van der Waals surface area contributed by atoms with Crippen LogP contribution in [0.25, 0.3) is 0 Å². The highest BCUT2D eigenvalue weighted by atomic mass is 35.5. The number of alkyl halides is 3. The zero-order chi connectivity index (χ0) is 24.7. The monoisotopic (exact) mass is 515 g/mol. The maximum atomic E-state index is 13.3. The molecule has 6 nitrogen and oxygen atoms in total. The van der Waals surface area contributed by atoms with Crippen LogP contribution in [0.4, 0.5) is 29.3 Å². The molecular weight excluding hydrogens is 494 g/mol. The molecule has 0 unspecified atom stereocenters. The zero-order valence-electron chi connectivity index (χ0n) is 18.2. The molecule has 2 saturated heterocycles. The van der Waals surface area contributed by atoms with Crippen LogP contribution < -0.4 is 14.5 Å². The molecular formula is C23H22Cl2F3N3O3. The van der Waals surface area contributed by atoms with Crippen LogP contribution in [0.3, 0.4) is 0 Å². The van der Waals surface area contributed by atoms with E-state index in [1.165, 1.54) is 29.2 Å². The molecule has 2 aromatic carbocycles. The van der Waals surface area contributed by atoms with E-state index in [0.29, 0.717) is 60.3 Å². The van der Waals surface area contributed by atoms with E-state index < -0.39 is 11.8 Å². The number of urea groups is 1. The molecule has 1 spiro atoms. The molecule has 4 rings (SSSR count). The van der Waals surface area contributed by atoms with Crippen molar-refractivity contribution in [3.63, 3.8) is 0 Å². The van der Waals surface area contributed by atoms with Gasteiger partial charge in [-0.3, -0.25) is 9.69 Å². The van der Waals surface area contributed by atoms with Crippen LogP contribution in [0, 0.1) is 5.41 Å². The number of piperidine rings is 1. The number of benzene rings is 2. The standard InChI is InChI=1S/C23H22Cl2F3N3O3/c1-29(16-4-7-18(24)19(25)14-16)21(33)30-11-8-22(9-12-30)10-13-31(20(22)32)15-2-5-17(6-3-15)34-23(26,27)28/h2-7,14H,8-13H2,1H3. The van der Waals surface area contributed by atoms with Gasteiger partial charge in [0.25, 0.3) is 0 Å². The van der Waals surface area contributed by atoms with E-state index >= 15 is 0 Å². The number of nitrogens with zero attached hydrogens (tertiary/aromatic N) is 3. The van der Waals surface area contributed by atoms with Gasteiger partial charge in [0.2, 0.25) is 5.91 Å². The molecule has 2 heterocycles. The van der Waals surface area contributed by atoms with Crippen LogP contribution in [0.15, 0.2) is 42.5 Å². The molecule has 0 aliphatic carbocycles. The zero-order valence-corrected chi connectivity index (χ0v) is 19.8. The molecule has 11 heteroatoms. The van der Waals surface area contributed by atoms with Crippen molar-refractivity contribution in [3.8, 4) is 5.75 Å². The predicted octanol–water partition coefficient (Wildman–Crippen LogP) is 5.97. The van der Waals surface area contributed by atoms with Crippen LogP contribution in [-0.2, 0) is 4.79 Å². The summed E-state index contributed by atoms with van der Waals surface area (Å²) in [6, 6.07) is 10.0. The number of likely N-dealkylation sites (tertiary alicyclic amines) is 1. The fourth-order valence-electron chi connectivity index (χ4n) is 4.50. The minimum absolute atomic E-state index is 0.0677. The van der Waals surface area contributed by atoms with Crippen LogP contribution >= 0.6 is 23.2 Å². The number of amides is 3. The Kier molecular flexibility index (Phi) is 6.61. The van der Waals surface area contributed by atoms with Crippen molar-refractivity contribution >= 4 is 46.5 Å². The Morgan fingerprint density at radius 1 is 1.00 bits per heavy atom. The second-order valence-electron chi connectivity index (χ2n) is 8.46. The van der Waals surface area contributed by atoms with Gasteiger partial charge in [-0.25, -0.2) is 4.79 Å². The Bertz CT molecular complexity index is 1090. The largest absolute Gasteiger partial charge is 0.573 e. The molecule has 3 amide bonds. The van der Waals surface area contributed by atoms with E-state index in [1.807, 2.05) is 0 Å². The Hall–Kier alpha value is -2.65. The number of anilines is 2. The van der Waals surface area contributed by atoms with Crippen LogP contribution in [0.5, 0.6) is 5.75 Å². The summed E-state index contributed by atoms with van der Waals surface area (Å²) in [5.41, 5.74) is 0.551. The van der Waals surface area contributed by atoms with Crippen LogP contribution in [0.1, 0.15) is 19.3 Å². The first-order valence-electron chi connectivity index (χ1n) is 10.6. The highest BCUT2D eigenvalue weighted by Crippen LogP contribution is 2.43. The molecule has 2 aliphatic heterocycles. The molecule has 2 aliphatic rings. The van der Waals surface area contributed by atoms with Crippen LogP contribution in [-0.4, -0.2) is 49.9 Å². The normalized spacial score (nSPS) is 17.9. The second-order valence-corrected chi connectivity index (χ2v) is 9.27. The average molecular weight is 516 g/mol. The molecule has 2 fully saturated rings. The van der Waals surface area contributed by atoms with Gasteiger partial charge in [0.15, 0.2) is 0 Å². The number of rotatable bonds is 3. The molecule has 182 valence electrons. The lowest BCUT2D eigenvalue weighted by atomic mass is 9.77. The van der Waals surface area contributed by atoms with Crippen molar-refractivity contribution in [1.29, 1.82) is 0 Å². The SMILES string of the molecule is CN(C(=O)N1CCC2(CC1)CCN(c1ccc(OC(F)(F)F)cc1)C2=O)c1ccc(Cl)c(Cl)c1. The van der Waals surface area contributed by atoms with Gasteiger partial charge in [0.05, 0.1) is 15.5 Å². The highest BCUT2D eigenvalue weighted by molar-refractivity contribution is 6.42. The first-order chi connectivity index (χ1) is 16.0. The van der Waals surface area contributed by atoms with E-state index in [9.17, 15) is 22.8 Å². The Labute approximate surface area is 204 Å². The van der Waals surface area contributed by atoms with E-state index in [4.69, 9.17) is 23.2 Å². The number of halogens is 5. The molecule has 0 atom stereocenters. The topological polar surface area (TPSA) is 53.1 Å². The summed E-state index contributed by atoms with van der Waals surface area (Å²) in [7, 11) is 1.65. The number of hydrogen-bond acceptors (Lipinski definition) is 3. The molecule has 0 radical (unpaired) electrons.